The van der Waals surface area contributed by atoms with Crippen LogP contribution in [0.5, 0.6) is 0 Å². The first-order valence-corrected chi connectivity index (χ1v) is 9.70. The van der Waals surface area contributed by atoms with Gasteiger partial charge in [-0.15, -0.1) is 11.3 Å². The van der Waals surface area contributed by atoms with E-state index in [0.29, 0.717) is 12.8 Å². The van der Waals surface area contributed by atoms with Crippen molar-refractivity contribution in [2.45, 2.75) is 37.8 Å². The average Bonchev–Trinajstić information content (AvgIpc) is 3.01. The van der Waals surface area contributed by atoms with Crippen LogP contribution in [-0.4, -0.2) is 35.6 Å². The first kappa shape index (κ1) is 21.0. The van der Waals surface area contributed by atoms with Crippen molar-refractivity contribution in [1.29, 1.82) is 0 Å². The summed E-state index contributed by atoms with van der Waals surface area (Å²) in [4.78, 5) is 12.5. The van der Waals surface area contributed by atoms with E-state index < -0.39 is 24.0 Å². The summed E-state index contributed by atoms with van der Waals surface area (Å²) >= 11 is 5.10. The molecule has 2 rings (SSSR count). The van der Waals surface area contributed by atoms with E-state index in [1.807, 2.05) is 36.4 Å². The van der Waals surface area contributed by atoms with Crippen molar-refractivity contribution in [3.63, 3.8) is 0 Å². The van der Waals surface area contributed by atoms with Crippen molar-refractivity contribution in [2.75, 3.05) is 6.54 Å². The molecule has 1 amide bonds. The number of nitrogens with one attached hydrogen (secondary N) is 1. The molecule has 26 heavy (non-hydrogen) atoms. The predicted molar refractivity (Wildman–Crippen MR) is 103 cm³/mol. The molecule has 2 atom stereocenters. The molecule has 1 aromatic carbocycles. The second kappa shape index (κ2) is 9.03. The predicted octanol–water partition coefficient (Wildman–Crippen LogP) is 3.57. The maximum atomic E-state index is 12.9. The molecular weight excluding hydrogens is 426 g/mol. The number of carbonyl (C=O) groups is 1. The zero-order valence-corrected chi connectivity index (χ0v) is 16.6. The van der Waals surface area contributed by atoms with Gasteiger partial charge in [0.05, 0.1) is 3.79 Å². The fraction of sp³-hybridized carbons (Fsp3) is 0.389. The monoisotopic (exact) mass is 446 g/mol. The van der Waals surface area contributed by atoms with E-state index in [0.717, 1.165) is 21.8 Å². The maximum absolute atomic E-state index is 12.9. The molecule has 0 radical (unpaired) electrons. The number of hydrogen-bond donors (Lipinski definition) is 3. The normalized spacial score (nSPS) is 15.0. The highest BCUT2D eigenvalue weighted by Gasteiger charge is 2.43. The molecule has 142 valence electrons. The Bertz CT molecular complexity index is 735. The molecule has 0 saturated carbocycles. The largest absolute Gasteiger partial charge is 0.382 e. The van der Waals surface area contributed by atoms with Gasteiger partial charge in [0.1, 0.15) is 11.6 Å². The highest BCUT2D eigenvalue weighted by atomic mass is 79.9. The summed E-state index contributed by atoms with van der Waals surface area (Å²) in [6.07, 6.45) is -1.74. The van der Waals surface area contributed by atoms with Gasteiger partial charge >= 0.3 is 0 Å². The Morgan fingerprint density at radius 1 is 1.31 bits per heavy atom. The van der Waals surface area contributed by atoms with Crippen molar-refractivity contribution in [3.8, 4) is 10.4 Å². The molecule has 0 aliphatic carbocycles. The summed E-state index contributed by atoms with van der Waals surface area (Å²) in [5.41, 5.74) is 4.86. The minimum Gasteiger partial charge on any atom is -0.382 e. The van der Waals surface area contributed by atoms with Crippen LogP contribution >= 0.6 is 27.3 Å². The fourth-order valence-corrected chi connectivity index (χ4v) is 3.96. The van der Waals surface area contributed by atoms with Gasteiger partial charge in [0.15, 0.2) is 0 Å². The lowest BCUT2D eigenvalue weighted by Crippen LogP contribution is -2.59. The van der Waals surface area contributed by atoms with Gasteiger partial charge < -0.3 is 16.2 Å². The van der Waals surface area contributed by atoms with E-state index in [1.54, 1.807) is 11.3 Å². The SMILES string of the molecule is C[C@@](O)(C(F)F)[C@H](NCCCc1ccc(-c2ccc(Br)s2)cc1)C(N)=O. The summed E-state index contributed by atoms with van der Waals surface area (Å²) in [5.74, 6) is -0.998. The molecule has 0 spiro atoms. The number of amides is 1. The zero-order valence-electron chi connectivity index (χ0n) is 14.2. The summed E-state index contributed by atoms with van der Waals surface area (Å²) in [6.45, 7) is 1.19. The Morgan fingerprint density at radius 3 is 2.46 bits per heavy atom. The molecule has 0 aliphatic heterocycles. The van der Waals surface area contributed by atoms with E-state index in [1.165, 1.54) is 4.88 Å². The molecule has 1 aromatic heterocycles. The minimum atomic E-state index is -3.07. The molecule has 4 nitrogen and oxygen atoms in total. The molecule has 2 aromatic rings. The third kappa shape index (κ3) is 5.33. The highest BCUT2D eigenvalue weighted by Crippen LogP contribution is 2.31. The Morgan fingerprint density at radius 2 is 1.96 bits per heavy atom. The van der Waals surface area contributed by atoms with Crippen molar-refractivity contribution < 1.29 is 18.7 Å². The fourth-order valence-electron chi connectivity index (χ4n) is 2.57. The van der Waals surface area contributed by atoms with E-state index in [-0.39, 0.29) is 6.54 Å². The minimum absolute atomic E-state index is 0.288. The molecular formula is C18H21BrF2N2O2S. The second-order valence-electron chi connectivity index (χ2n) is 6.22. The molecule has 0 unspecified atom stereocenters. The number of halogens is 3. The first-order chi connectivity index (χ1) is 12.2. The molecule has 1 heterocycles. The van der Waals surface area contributed by atoms with E-state index in [9.17, 15) is 18.7 Å². The van der Waals surface area contributed by atoms with Crippen LogP contribution in [0, 0.1) is 0 Å². The summed E-state index contributed by atoms with van der Waals surface area (Å²) in [5, 5.41) is 12.4. The van der Waals surface area contributed by atoms with Crippen LogP contribution in [0.1, 0.15) is 18.9 Å². The van der Waals surface area contributed by atoms with Gasteiger partial charge in [0, 0.05) is 4.88 Å². The van der Waals surface area contributed by atoms with Gasteiger partial charge in [-0.2, -0.15) is 0 Å². The lowest BCUT2D eigenvalue weighted by molar-refractivity contribution is -0.140. The van der Waals surface area contributed by atoms with Crippen LogP contribution < -0.4 is 11.1 Å². The second-order valence-corrected chi connectivity index (χ2v) is 8.68. The Labute approximate surface area is 163 Å². The summed E-state index contributed by atoms with van der Waals surface area (Å²) in [6, 6.07) is 10.7. The number of thiophene rings is 1. The van der Waals surface area contributed by atoms with Crippen molar-refractivity contribution >= 4 is 33.2 Å². The third-order valence-corrected chi connectivity index (χ3v) is 5.79. The van der Waals surface area contributed by atoms with Crippen molar-refractivity contribution in [2.24, 2.45) is 5.73 Å². The quantitative estimate of drug-likeness (QED) is 0.515. The number of rotatable bonds is 9. The van der Waals surface area contributed by atoms with Crippen LogP contribution in [0.4, 0.5) is 8.78 Å². The van der Waals surface area contributed by atoms with E-state index in [4.69, 9.17) is 5.73 Å². The van der Waals surface area contributed by atoms with E-state index >= 15 is 0 Å². The molecule has 0 aliphatic rings. The van der Waals surface area contributed by atoms with Gasteiger partial charge in [-0.3, -0.25) is 4.79 Å². The Balaban J connectivity index is 1.86. The first-order valence-electron chi connectivity index (χ1n) is 8.09. The van der Waals surface area contributed by atoms with Gasteiger partial charge in [-0.1, -0.05) is 24.3 Å². The smallest absolute Gasteiger partial charge is 0.268 e. The average molecular weight is 447 g/mol. The van der Waals surface area contributed by atoms with Crippen LogP contribution in [0.3, 0.4) is 0 Å². The molecule has 4 N–H and O–H groups in total. The number of benzene rings is 1. The standard InChI is InChI=1S/C18H21BrF2N2O2S/c1-18(25,17(20)21)15(16(22)24)23-10-2-3-11-4-6-12(7-5-11)13-8-9-14(19)26-13/h4-9,15,17,23,25H,2-3,10H2,1H3,(H2,22,24)/t15-,18+/m1/s1. The molecule has 0 saturated heterocycles. The maximum Gasteiger partial charge on any atom is 0.268 e. The molecule has 0 fully saturated rings. The Kier molecular flexibility index (Phi) is 7.28. The number of aliphatic hydroxyl groups is 1. The lowest BCUT2D eigenvalue weighted by atomic mass is 9.96. The third-order valence-electron chi connectivity index (χ3n) is 4.11. The Hall–Kier alpha value is -1.35. The van der Waals surface area contributed by atoms with Gasteiger partial charge in [-0.25, -0.2) is 8.78 Å². The van der Waals surface area contributed by atoms with Gasteiger partial charge in [0.25, 0.3) is 6.43 Å². The van der Waals surface area contributed by atoms with Crippen LogP contribution in [0.15, 0.2) is 40.2 Å². The van der Waals surface area contributed by atoms with Crippen LogP contribution in [-0.2, 0) is 11.2 Å². The van der Waals surface area contributed by atoms with E-state index in [2.05, 4.69) is 21.2 Å². The topological polar surface area (TPSA) is 75.3 Å². The number of alkyl halides is 2. The van der Waals surface area contributed by atoms with Crippen LogP contribution in [0.25, 0.3) is 10.4 Å². The van der Waals surface area contributed by atoms with Crippen molar-refractivity contribution in [3.05, 3.63) is 45.7 Å². The number of nitrogens with two attached hydrogens (primary N) is 1. The molecule has 8 heteroatoms. The molecule has 0 bridgehead atoms. The van der Waals surface area contributed by atoms with Crippen molar-refractivity contribution in [1.82, 2.24) is 5.32 Å². The lowest BCUT2D eigenvalue weighted by Gasteiger charge is -2.30. The number of carbonyl (C=O) groups excluding carboxylic acids is 1. The van der Waals surface area contributed by atoms with Gasteiger partial charge in [0.2, 0.25) is 5.91 Å². The number of hydrogen-bond acceptors (Lipinski definition) is 4. The van der Waals surface area contributed by atoms with Gasteiger partial charge in [-0.05, 0) is 65.5 Å². The summed E-state index contributed by atoms with van der Waals surface area (Å²) < 4.78 is 26.8. The van der Waals surface area contributed by atoms with Crippen LogP contribution in [0.2, 0.25) is 0 Å². The zero-order chi connectivity index (χ0) is 19.3. The summed E-state index contributed by atoms with van der Waals surface area (Å²) in [7, 11) is 0. The number of primary amides is 1. The highest BCUT2D eigenvalue weighted by molar-refractivity contribution is 9.11. The number of aryl methyl sites for hydroxylation is 1.